The second-order valence-corrected chi connectivity index (χ2v) is 4.16. The summed E-state index contributed by atoms with van der Waals surface area (Å²) in [6.07, 6.45) is 0.704. The van der Waals surface area contributed by atoms with E-state index in [1.54, 1.807) is 0 Å². The maximum Gasteiger partial charge on any atom is 0.214 e. The summed E-state index contributed by atoms with van der Waals surface area (Å²) in [6, 6.07) is 8.00. The standard InChI is InChI=1S/C13H16N3O2/c1-9(17)7-14-10(2)11-4-3-5-12(6-11)13-15-8-18-16-13/h3-6,8-10,14,17H,1,7H2,2H3/t9-,10?/m0/s1. The molecule has 0 saturated carbocycles. The zero-order valence-electron chi connectivity index (χ0n) is 10.2. The minimum Gasteiger partial charge on any atom is -0.392 e. The molecule has 1 aromatic carbocycles. The molecule has 1 heterocycles. The Balaban J connectivity index is 2.12. The number of benzene rings is 1. The first kappa shape index (κ1) is 12.7. The average molecular weight is 246 g/mol. The number of rotatable bonds is 5. The van der Waals surface area contributed by atoms with Gasteiger partial charge in [0.05, 0.1) is 6.10 Å². The molecule has 2 N–H and O–H groups in total. The summed E-state index contributed by atoms with van der Waals surface area (Å²) in [7, 11) is 0. The molecule has 5 heteroatoms. The average Bonchev–Trinajstić information content (AvgIpc) is 2.90. The van der Waals surface area contributed by atoms with E-state index in [9.17, 15) is 0 Å². The van der Waals surface area contributed by atoms with Gasteiger partial charge in [0.2, 0.25) is 12.2 Å². The van der Waals surface area contributed by atoms with Crippen molar-refractivity contribution in [2.75, 3.05) is 6.54 Å². The second kappa shape index (κ2) is 5.75. The maximum absolute atomic E-state index is 9.15. The van der Waals surface area contributed by atoms with Crippen molar-refractivity contribution < 1.29 is 9.63 Å². The van der Waals surface area contributed by atoms with Crippen molar-refractivity contribution in [2.24, 2.45) is 0 Å². The van der Waals surface area contributed by atoms with E-state index in [1.807, 2.05) is 31.2 Å². The number of aliphatic hydroxyl groups is 1. The van der Waals surface area contributed by atoms with Crippen molar-refractivity contribution >= 4 is 0 Å². The molecule has 1 unspecified atom stereocenters. The fraction of sp³-hybridized carbons (Fsp3) is 0.308. The van der Waals surface area contributed by atoms with Gasteiger partial charge in [-0.25, -0.2) is 0 Å². The van der Waals surface area contributed by atoms with Crippen LogP contribution in [0, 0.1) is 6.92 Å². The normalized spacial score (nSPS) is 14.4. The van der Waals surface area contributed by atoms with E-state index in [4.69, 9.17) is 9.63 Å². The minimum absolute atomic E-state index is 0.119. The Bertz CT molecular complexity index is 483. The van der Waals surface area contributed by atoms with Crippen LogP contribution in [0.2, 0.25) is 0 Å². The zero-order valence-corrected chi connectivity index (χ0v) is 10.2. The summed E-state index contributed by atoms with van der Waals surface area (Å²) in [6.45, 7) is 6.00. The van der Waals surface area contributed by atoms with Crippen LogP contribution in [0.4, 0.5) is 0 Å². The van der Waals surface area contributed by atoms with Crippen molar-refractivity contribution in [1.29, 1.82) is 0 Å². The predicted molar refractivity (Wildman–Crippen MR) is 67.5 cm³/mol. The topological polar surface area (TPSA) is 71.2 Å². The molecule has 0 aliphatic heterocycles. The molecular formula is C13H16N3O2. The maximum atomic E-state index is 9.15. The third-order valence-corrected chi connectivity index (χ3v) is 2.67. The lowest BCUT2D eigenvalue weighted by atomic mass is 10.0. The van der Waals surface area contributed by atoms with Crippen molar-refractivity contribution in [1.82, 2.24) is 15.5 Å². The molecule has 18 heavy (non-hydrogen) atoms. The van der Waals surface area contributed by atoms with E-state index in [0.29, 0.717) is 12.4 Å². The first-order valence-electron chi connectivity index (χ1n) is 5.78. The first-order chi connectivity index (χ1) is 8.66. The van der Waals surface area contributed by atoms with E-state index in [1.165, 1.54) is 6.39 Å². The van der Waals surface area contributed by atoms with Gasteiger partial charge in [0.25, 0.3) is 0 Å². The number of hydrogen-bond donors (Lipinski definition) is 2. The van der Waals surface area contributed by atoms with Crippen LogP contribution in [0.1, 0.15) is 18.5 Å². The summed E-state index contributed by atoms with van der Waals surface area (Å²) in [5, 5.41) is 16.1. The van der Waals surface area contributed by atoms with Gasteiger partial charge >= 0.3 is 0 Å². The largest absolute Gasteiger partial charge is 0.392 e. The molecule has 5 nitrogen and oxygen atoms in total. The molecule has 0 aliphatic rings. The Morgan fingerprint density at radius 1 is 1.50 bits per heavy atom. The van der Waals surface area contributed by atoms with Crippen LogP contribution in [-0.2, 0) is 0 Å². The highest BCUT2D eigenvalue weighted by atomic mass is 16.5. The summed E-state index contributed by atoms with van der Waals surface area (Å²) in [4.78, 5) is 4.01. The fourth-order valence-electron chi connectivity index (χ4n) is 1.68. The smallest absolute Gasteiger partial charge is 0.214 e. The summed E-state index contributed by atoms with van der Waals surface area (Å²) in [5.74, 6) is 0.571. The minimum atomic E-state index is -0.604. The summed E-state index contributed by atoms with van der Waals surface area (Å²) >= 11 is 0. The van der Waals surface area contributed by atoms with Gasteiger partial charge in [0, 0.05) is 18.2 Å². The van der Waals surface area contributed by atoms with Crippen LogP contribution in [0.25, 0.3) is 11.4 Å². The molecule has 1 radical (unpaired) electrons. The van der Waals surface area contributed by atoms with Crippen LogP contribution in [-0.4, -0.2) is 27.9 Å². The van der Waals surface area contributed by atoms with Gasteiger partial charge in [-0.15, -0.1) is 0 Å². The molecule has 0 bridgehead atoms. The van der Waals surface area contributed by atoms with Gasteiger partial charge in [-0.2, -0.15) is 4.98 Å². The van der Waals surface area contributed by atoms with Crippen molar-refractivity contribution in [2.45, 2.75) is 19.1 Å². The van der Waals surface area contributed by atoms with Gasteiger partial charge in [-0.3, -0.25) is 0 Å². The third-order valence-electron chi connectivity index (χ3n) is 2.67. The lowest BCUT2D eigenvalue weighted by Gasteiger charge is -2.15. The van der Waals surface area contributed by atoms with E-state index in [0.717, 1.165) is 11.1 Å². The Hall–Kier alpha value is -1.72. The van der Waals surface area contributed by atoms with Gasteiger partial charge in [-0.1, -0.05) is 23.4 Å². The summed E-state index contributed by atoms with van der Waals surface area (Å²) < 4.78 is 4.73. The SMILES string of the molecule is [CH2][C@H](O)CNC(C)c1cccc(-c2ncon2)c1. The van der Waals surface area contributed by atoms with E-state index >= 15 is 0 Å². The predicted octanol–water partition coefficient (Wildman–Crippen LogP) is 1.58. The molecule has 0 fully saturated rings. The Kier molecular flexibility index (Phi) is 4.07. The second-order valence-electron chi connectivity index (χ2n) is 4.16. The Morgan fingerprint density at radius 3 is 3.00 bits per heavy atom. The number of aliphatic hydroxyl groups excluding tert-OH is 1. The Morgan fingerprint density at radius 2 is 2.33 bits per heavy atom. The number of hydrogen-bond acceptors (Lipinski definition) is 5. The molecule has 2 atom stereocenters. The molecule has 0 amide bonds. The van der Waals surface area contributed by atoms with E-state index in [2.05, 4.69) is 22.4 Å². The highest BCUT2D eigenvalue weighted by Gasteiger charge is 2.09. The van der Waals surface area contributed by atoms with Gasteiger partial charge < -0.3 is 14.9 Å². The van der Waals surface area contributed by atoms with Crippen LogP contribution in [0.3, 0.4) is 0 Å². The lowest BCUT2D eigenvalue weighted by molar-refractivity contribution is 0.212. The number of nitrogens with zero attached hydrogens (tertiary/aromatic N) is 2. The van der Waals surface area contributed by atoms with Crippen LogP contribution in [0.15, 0.2) is 35.2 Å². The van der Waals surface area contributed by atoms with Gasteiger partial charge in [0.1, 0.15) is 0 Å². The van der Waals surface area contributed by atoms with Crippen LogP contribution >= 0.6 is 0 Å². The lowest BCUT2D eigenvalue weighted by Crippen LogP contribution is -2.27. The molecule has 2 rings (SSSR count). The zero-order chi connectivity index (χ0) is 13.0. The monoisotopic (exact) mass is 246 g/mol. The molecule has 2 aromatic rings. The molecule has 95 valence electrons. The molecule has 0 aliphatic carbocycles. The molecule has 0 saturated heterocycles. The molecule has 0 spiro atoms. The quantitative estimate of drug-likeness (QED) is 0.838. The fourth-order valence-corrected chi connectivity index (χ4v) is 1.68. The summed E-state index contributed by atoms with van der Waals surface area (Å²) in [5.41, 5.74) is 2.00. The Labute approximate surface area is 106 Å². The highest BCUT2D eigenvalue weighted by Crippen LogP contribution is 2.20. The van der Waals surface area contributed by atoms with Gasteiger partial charge in [-0.05, 0) is 25.5 Å². The van der Waals surface area contributed by atoms with E-state index < -0.39 is 6.10 Å². The molecule has 1 aromatic heterocycles. The van der Waals surface area contributed by atoms with Crippen molar-refractivity contribution in [3.8, 4) is 11.4 Å². The number of nitrogens with one attached hydrogen (secondary N) is 1. The molecular weight excluding hydrogens is 230 g/mol. The van der Waals surface area contributed by atoms with Crippen molar-refractivity contribution in [3.05, 3.63) is 43.1 Å². The van der Waals surface area contributed by atoms with E-state index in [-0.39, 0.29) is 6.04 Å². The van der Waals surface area contributed by atoms with Gasteiger partial charge in [0.15, 0.2) is 0 Å². The third kappa shape index (κ3) is 3.15. The first-order valence-corrected chi connectivity index (χ1v) is 5.78. The van der Waals surface area contributed by atoms with Crippen LogP contribution in [0.5, 0.6) is 0 Å². The van der Waals surface area contributed by atoms with Crippen LogP contribution < -0.4 is 5.32 Å². The van der Waals surface area contributed by atoms with Crippen molar-refractivity contribution in [3.63, 3.8) is 0 Å². The highest BCUT2D eigenvalue weighted by molar-refractivity contribution is 5.55. The number of aromatic nitrogens is 2.